The molecular weight excluding hydrogens is 174 g/mol. The Hall–Kier alpha value is -0.730. The predicted molar refractivity (Wildman–Crippen MR) is 62.4 cm³/mol. The number of hydrogen-bond acceptors (Lipinski definition) is 0. The summed E-state index contributed by atoms with van der Waals surface area (Å²) in [5.41, 5.74) is 11.2. The second-order valence-corrected chi connectivity index (χ2v) is 3.83. The smallest absolute Gasteiger partial charge is 0.291 e. The van der Waals surface area contributed by atoms with Gasteiger partial charge in [-0.3, -0.25) is 16.0 Å². The van der Waals surface area contributed by atoms with Crippen molar-refractivity contribution in [3.8, 4) is 0 Å². The van der Waals surface area contributed by atoms with Crippen LogP contribution in [0.1, 0.15) is 52.4 Å². The lowest BCUT2D eigenvalue weighted by molar-refractivity contribution is -0.530. The second kappa shape index (κ2) is 8.85. The van der Waals surface area contributed by atoms with Crippen LogP contribution in [-0.2, 0) is 0 Å². The zero-order valence-electron chi connectivity index (χ0n) is 9.76. The summed E-state index contributed by atoms with van der Waals surface area (Å²) in [6.07, 6.45) is 7.40. The molecule has 0 aliphatic carbocycles. The van der Waals surface area contributed by atoms with E-state index >= 15 is 0 Å². The molecule has 0 saturated carbocycles. The van der Waals surface area contributed by atoms with Crippen molar-refractivity contribution in [2.75, 3.05) is 13.1 Å². The van der Waals surface area contributed by atoms with Gasteiger partial charge in [-0.2, -0.15) is 0 Å². The van der Waals surface area contributed by atoms with Gasteiger partial charge >= 0.3 is 5.96 Å². The average Bonchev–Trinajstić information content (AvgIpc) is 2.15. The first-order chi connectivity index (χ1) is 6.72. The highest BCUT2D eigenvalue weighted by Crippen LogP contribution is 1.98. The van der Waals surface area contributed by atoms with E-state index in [2.05, 4.69) is 18.4 Å². The molecule has 0 aromatic heterocycles. The van der Waals surface area contributed by atoms with Crippen molar-refractivity contribution in [1.29, 1.82) is 0 Å². The van der Waals surface area contributed by atoms with Gasteiger partial charge in [0.1, 0.15) is 0 Å². The van der Waals surface area contributed by atoms with Crippen LogP contribution in [0.2, 0.25) is 0 Å². The largest absolute Gasteiger partial charge is 0.341 e. The summed E-state index contributed by atoms with van der Waals surface area (Å²) >= 11 is 0. The fraction of sp³-hybridized carbons (Fsp3) is 0.909. The molecule has 0 radical (unpaired) electrons. The Morgan fingerprint density at radius 1 is 0.857 bits per heavy atom. The van der Waals surface area contributed by atoms with Gasteiger partial charge in [-0.05, 0) is 12.8 Å². The maximum atomic E-state index is 5.62. The monoisotopic (exact) mass is 200 g/mol. The van der Waals surface area contributed by atoms with Crippen LogP contribution in [0.25, 0.3) is 0 Å². The van der Waals surface area contributed by atoms with Crippen LogP contribution >= 0.6 is 0 Å². The average molecular weight is 200 g/mol. The van der Waals surface area contributed by atoms with Crippen molar-refractivity contribution in [2.24, 2.45) is 11.5 Å². The summed E-state index contributed by atoms with van der Waals surface area (Å²) in [7, 11) is 0. The van der Waals surface area contributed by atoms with E-state index in [9.17, 15) is 0 Å². The van der Waals surface area contributed by atoms with E-state index in [0.717, 1.165) is 13.1 Å². The number of nitrogens with two attached hydrogens (primary N) is 2. The summed E-state index contributed by atoms with van der Waals surface area (Å²) in [6.45, 7) is 6.44. The van der Waals surface area contributed by atoms with E-state index in [1.807, 2.05) is 0 Å². The van der Waals surface area contributed by atoms with Gasteiger partial charge < -0.3 is 0 Å². The summed E-state index contributed by atoms with van der Waals surface area (Å²) in [6, 6.07) is 0. The minimum absolute atomic E-state index is 0.484. The molecule has 0 heterocycles. The van der Waals surface area contributed by atoms with Gasteiger partial charge in [-0.25, -0.2) is 0 Å². The lowest BCUT2D eigenvalue weighted by Gasteiger charge is -2.08. The number of guanidine groups is 1. The van der Waals surface area contributed by atoms with Crippen molar-refractivity contribution in [3.63, 3.8) is 0 Å². The fourth-order valence-electron chi connectivity index (χ4n) is 1.48. The van der Waals surface area contributed by atoms with Crippen molar-refractivity contribution in [1.82, 2.24) is 0 Å². The molecule has 0 aromatic rings. The third-order valence-corrected chi connectivity index (χ3v) is 2.43. The molecule has 0 saturated heterocycles. The zero-order chi connectivity index (χ0) is 10.8. The molecule has 0 aliphatic rings. The maximum absolute atomic E-state index is 5.62. The normalized spacial score (nSPS) is 10.1. The van der Waals surface area contributed by atoms with Crippen LogP contribution in [0.15, 0.2) is 0 Å². The summed E-state index contributed by atoms with van der Waals surface area (Å²) < 4.78 is 2.10. The Bertz CT molecular complexity index is 148. The van der Waals surface area contributed by atoms with Gasteiger partial charge in [-0.1, -0.05) is 39.5 Å². The van der Waals surface area contributed by atoms with E-state index in [1.54, 1.807) is 0 Å². The minimum atomic E-state index is 0.484. The molecule has 3 nitrogen and oxygen atoms in total. The summed E-state index contributed by atoms with van der Waals surface area (Å²) in [5, 5.41) is 0. The highest BCUT2D eigenvalue weighted by molar-refractivity contribution is 5.70. The van der Waals surface area contributed by atoms with Crippen molar-refractivity contribution in [3.05, 3.63) is 0 Å². The molecule has 0 rings (SSSR count). The molecule has 3 heteroatoms. The summed E-state index contributed by atoms with van der Waals surface area (Å²) in [5.74, 6) is 0.484. The Balaban J connectivity index is 3.75. The molecule has 0 atom stereocenters. The zero-order valence-corrected chi connectivity index (χ0v) is 9.76. The summed E-state index contributed by atoms with van der Waals surface area (Å²) in [4.78, 5) is 0. The van der Waals surface area contributed by atoms with Crippen LogP contribution in [0, 0.1) is 0 Å². The van der Waals surface area contributed by atoms with E-state index in [0.29, 0.717) is 5.96 Å². The Kier molecular flexibility index (Phi) is 8.39. The molecular formula is C11H26N3+. The molecule has 0 aromatic carbocycles. The molecule has 0 bridgehead atoms. The first-order valence-electron chi connectivity index (χ1n) is 5.85. The van der Waals surface area contributed by atoms with Crippen LogP contribution in [-0.4, -0.2) is 23.6 Å². The lowest BCUT2D eigenvalue weighted by Crippen LogP contribution is -2.37. The van der Waals surface area contributed by atoms with E-state index < -0.39 is 0 Å². The fourth-order valence-corrected chi connectivity index (χ4v) is 1.48. The number of nitrogens with zero attached hydrogens (tertiary/aromatic N) is 1. The topological polar surface area (TPSA) is 55.0 Å². The number of hydrogen-bond donors (Lipinski definition) is 2. The molecule has 0 unspecified atom stereocenters. The van der Waals surface area contributed by atoms with Crippen molar-refractivity contribution < 1.29 is 4.58 Å². The standard InChI is InChI=1S/C11H25N3/c1-3-5-7-9-14(11(12)13)10-8-6-4-2/h3-10H2,1-2H3,(H3,12,13)/p+1. The maximum Gasteiger partial charge on any atom is 0.341 e. The Labute approximate surface area is 88.2 Å². The highest BCUT2D eigenvalue weighted by atomic mass is 15.1. The van der Waals surface area contributed by atoms with Crippen molar-refractivity contribution >= 4 is 5.96 Å². The van der Waals surface area contributed by atoms with Gasteiger partial charge in [-0.15, -0.1) is 0 Å². The first-order valence-corrected chi connectivity index (χ1v) is 5.85. The first kappa shape index (κ1) is 13.3. The van der Waals surface area contributed by atoms with Gasteiger partial charge in [0.05, 0.1) is 13.1 Å². The molecule has 14 heavy (non-hydrogen) atoms. The van der Waals surface area contributed by atoms with Crippen LogP contribution in [0.5, 0.6) is 0 Å². The van der Waals surface area contributed by atoms with Gasteiger partial charge in [0, 0.05) is 0 Å². The molecule has 0 amide bonds. The molecule has 0 spiro atoms. The van der Waals surface area contributed by atoms with E-state index in [4.69, 9.17) is 11.5 Å². The third kappa shape index (κ3) is 6.75. The van der Waals surface area contributed by atoms with Crippen LogP contribution < -0.4 is 11.5 Å². The Morgan fingerprint density at radius 2 is 1.29 bits per heavy atom. The molecule has 0 fully saturated rings. The van der Waals surface area contributed by atoms with Crippen molar-refractivity contribution in [2.45, 2.75) is 52.4 Å². The van der Waals surface area contributed by atoms with Gasteiger partial charge in [0.15, 0.2) is 0 Å². The molecule has 4 N–H and O–H groups in total. The van der Waals surface area contributed by atoms with Crippen LogP contribution in [0.4, 0.5) is 0 Å². The molecule has 84 valence electrons. The second-order valence-electron chi connectivity index (χ2n) is 3.83. The number of unbranched alkanes of at least 4 members (excludes halogenated alkanes) is 4. The lowest BCUT2D eigenvalue weighted by atomic mass is 10.2. The van der Waals surface area contributed by atoms with E-state index in [1.165, 1.54) is 38.5 Å². The predicted octanol–water partition coefficient (Wildman–Crippen LogP) is 1.65. The SMILES string of the molecule is CCCCC[N+](CCCCC)=C(N)N. The highest BCUT2D eigenvalue weighted by Gasteiger charge is 2.02. The molecule has 0 aliphatic heterocycles. The number of rotatable bonds is 8. The Morgan fingerprint density at radius 3 is 1.57 bits per heavy atom. The van der Waals surface area contributed by atoms with Gasteiger partial charge in [0.2, 0.25) is 0 Å². The quantitative estimate of drug-likeness (QED) is 0.271. The van der Waals surface area contributed by atoms with Gasteiger partial charge in [0.25, 0.3) is 0 Å². The van der Waals surface area contributed by atoms with Crippen LogP contribution in [0.3, 0.4) is 0 Å². The minimum Gasteiger partial charge on any atom is -0.291 e. The third-order valence-electron chi connectivity index (χ3n) is 2.43. The van der Waals surface area contributed by atoms with E-state index in [-0.39, 0.29) is 0 Å².